The molecule has 20 heavy (non-hydrogen) atoms. The molecule has 0 N–H and O–H groups in total. The number of carbonyl (C=O) groups excluding carboxylic acids is 1. The lowest BCUT2D eigenvalue weighted by molar-refractivity contribution is 0.0752. The van der Waals surface area contributed by atoms with Crippen LogP contribution in [0, 0.1) is 0 Å². The molecule has 0 aromatic heterocycles. The summed E-state index contributed by atoms with van der Waals surface area (Å²) in [5, 5.41) is 0.763. The summed E-state index contributed by atoms with van der Waals surface area (Å²) in [6, 6.07) is 17.8. The molecule has 0 atom stereocenters. The first-order valence-electron chi connectivity index (χ1n) is 6.72. The average molecular weight is 332 g/mol. The highest BCUT2D eigenvalue weighted by Crippen LogP contribution is 2.13. The Kier molecular flexibility index (Phi) is 5.36. The number of amides is 1. The van der Waals surface area contributed by atoms with Crippen molar-refractivity contribution >= 4 is 21.8 Å². The number of rotatable bonds is 5. The Labute approximate surface area is 128 Å². The van der Waals surface area contributed by atoms with Crippen LogP contribution in [0.3, 0.4) is 0 Å². The fourth-order valence-electron chi connectivity index (χ4n) is 2.10. The number of nitrogens with zero attached hydrogens (tertiary/aromatic N) is 1. The first kappa shape index (κ1) is 14.8. The second-order valence-electron chi connectivity index (χ2n) is 4.64. The van der Waals surface area contributed by atoms with E-state index in [1.54, 1.807) is 0 Å². The lowest BCUT2D eigenvalue weighted by Gasteiger charge is -2.21. The molecule has 0 aliphatic rings. The largest absolute Gasteiger partial charge is 0.335 e. The molecular formula is C17H18BrNO. The molecule has 0 saturated heterocycles. The van der Waals surface area contributed by atoms with Crippen LogP contribution in [0.25, 0.3) is 0 Å². The summed E-state index contributed by atoms with van der Waals surface area (Å²) in [6.07, 6.45) is 0. The van der Waals surface area contributed by atoms with Crippen molar-refractivity contribution in [2.45, 2.75) is 18.8 Å². The van der Waals surface area contributed by atoms with Gasteiger partial charge in [0.15, 0.2) is 0 Å². The summed E-state index contributed by atoms with van der Waals surface area (Å²) >= 11 is 3.42. The van der Waals surface area contributed by atoms with E-state index in [1.807, 2.05) is 66.4 Å². The van der Waals surface area contributed by atoms with Gasteiger partial charge in [-0.15, -0.1) is 0 Å². The SMILES string of the molecule is CCN(Cc1ccccc1)C(=O)c1cccc(CBr)c1. The summed E-state index contributed by atoms with van der Waals surface area (Å²) < 4.78 is 0. The van der Waals surface area contributed by atoms with Gasteiger partial charge in [0.05, 0.1) is 0 Å². The van der Waals surface area contributed by atoms with Crippen molar-refractivity contribution in [1.29, 1.82) is 0 Å². The first-order chi connectivity index (χ1) is 9.74. The molecule has 1 amide bonds. The van der Waals surface area contributed by atoms with Crippen molar-refractivity contribution in [3.05, 3.63) is 71.3 Å². The summed E-state index contributed by atoms with van der Waals surface area (Å²) in [5.41, 5.74) is 3.02. The lowest BCUT2D eigenvalue weighted by atomic mass is 10.1. The minimum absolute atomic E-state index is 0.0825. The van der Waals surface area contributed by atoms with Gasteiger partial charge in [-0.2, -0.15) is 0 Å². The standard InChI is InChI=1S/C17H18BrNO/c1-2-19(13-14-7-4-3-5-8-14)17(20)16-10-6-9-15(11-16)12-18/h3-11H,2,12-13H2,1H3. The molecule has 2 aromatic carbocycles. The van der Waals surface area contributed by atoms with Crippen molar-refractivity contribution in [2.75, 3.05) is 6.54 Å². The van der Waals surface area contributed by atoms with Crippen LogP contribution in [0.5, 0.6) is 0 Å². The van der Waals surface area contributed by atoms with E-state index >= 15 is 0 Å². The van der Waals surface area contributed by atoms with Gasteiger partial charge in [0, 0.05) is 24.0 Å². The zero-order valence-corrected chi connectivity index (χ0v) is 13.1. The van der Waals surface area contributed by atoms with E-state index in [2.05, 4.69) is 15.9 Å². The fraction of sp³-hybridized carbons (Fsp3) is 0.235. The summed E-state index contributed by atoms with van der Waals surface area (Å²) in [7, 11) is 0. The molecule has 0 aliphatic heterocycles. The van der Waals surface area contributed by atoms with Crippen molar-refractivity contribution in [2.24, 2.45) is 0 Å². The molecule has 0 unspecified atom stereocenters. The Hall–Kier alpha value is -1.61. The normalized spacial score (nSPS) is 10.3. The molecule has 0 aliphatic carbocycles. The maximum Gasteiger partial charge on any atom is 0.254 e. The lowest BCUT2D eigenvalue weighted by Crippen LogP contribution is -2.30. The van der Waals surface area contributed by atoms with E-state index in [4.69, 9.17) is 0 Å². The minimum atomic E-state index is 0.0825. The molecule has 2 rings (SSSR count). The highest BCUT2D eigenvalue weighted by molar-refractivity contribution is 9.08. The van der Waals surface area contributed by atoms with E-state index in [0.717, 1.165) is 22.0 Å². The molecule has 0 fully saturated rings. The van der Waals surface area contributed by atoms with Crippen LogP contribution in [-0.2, 0) is 11.9 Å². The van der Waals surface area contributed by atoms with Crippen molar-refractivity contribution < 1.29 is 4.79 Å². The Balaban J connectivity index is 2.16. The summed E-state index contributed by atoms with van der Waals surface area (Å²) in [4.78, 5) is 14.4. The number of hydrogen-bond acceptors (Lipinski definition) is 1. The number of halogens is 1. The van der Waals surface area contributed by atoms with E-state index in [9.17, 15) is 4.79 Å². The third-order valence-corrected chi connectivity index (χ3v) is 3.86. The molecular weight excluding hydrogens is 314 g/mol. The summed E-state index contributed by atoms with van der Waals surface area (Å²) in [6.45, 7) is 3.36. The quantitative estimate of drug-likeness (QED) is 0.750. The first-order valence-corrected chi connectivity index (χ1v) is 7.85. The predicted octanol–water partition coefficient (Wildman–Crippen LogP) is 4.24. The molecule has 0 heterocycles. The van der Waals surface area contributed by atoms with Gasteiger partial charge in [0.2, 0.25) is 0 Å². The van der Waals surface area contributed by atoms with Crippen molar-refractivity contribution in [1.82, 2.24) is 4.90 Å². The van der Waals surface area contributed by atoms with Crippen LogP contribution in [-0.4, -0.2) is 17.4 Å². The van der Waals surface area contributed by atoms with E-state index in [-0.39, 0.29) is 5.91 Å². The molecule has 0 radical (unpaired) electrons. The third-order valence-electron chi connectivity index (χ3n) is 3.21. The topological polar surface area (TPSA) is 20.3 Å². The second kappa shape index (κ2) is 7.25. The number of carbonyl (C=O) groups is 1. The monoisotopic (exact) mass is 331 g/mol. The van der Waals surface area contributed by atoms with Gasteiger partial charge in [-0.25, -0.2) is 0 Å². The molecule has 0 bridgehead atoms. The van der Waals surface area contributed by atoms with Gasteiger partial charge < -0.3 is 4.90 Å². The van der Waals surface area contributed by atoms with Gasteiger partial charge in [0.1, 0.15) is 0 Å². The van der Waals surface area contributed by atoms with Crippen LogP contribution in [0.4, 0.5) is 0 Å². The van der Waals surface area contributed by atoms with Gasteiger partial charge in [0.25, 0.3) is 5.91 Å². The van der Waals surface area contributed by atoms with Gasteiger partial charge >= 0.3 is 0 Å². The van der Waals surface area contributed by atoms with Crippen LogP contribution >= 0.6 is 15.9 Å². The van der Waals surface area contributed by atoms with Crippen LogP contribution in [0.2, 0.25) is 0 Å². The number of alkyl halides is 1. The highest BCUT2D eigenvalue weighted by Gasteiger charge is 2.14. The smallest absolute Gasteiger partial charge is 0.254 e. The molecule has 104 valence electrons. The fourth-order valence-corrected chi connectivity index (χ4v) is 2.45. The molecule has 3 heteroatoms. The van der Waals surface area contributed by atoms with Crippen LogP contribution in [0.15, 0.2) is 54.6 Å². The van der Waals surface area contributed by atoms with E-state index in [1.165, 1.54) is 0 Å². The third kappa shape index (κ3) is 3.70. The molecule has 2 nitrogen and oxygen atoms in total. The Morgan fingerprint density at radius 1 is 1.05 bits per heavy atom. The van der Waals surface area contributed by atoms with Crippen LogP contribution in [0.1, 0.15) is 28.4 Å². The van der Waals surface area contributed by atoms with Gasteiger partial charge in [-0.05, 0) is 30.2 Å². The highest BCUT2D eigenvalue weighted by atomic mass is 79.9. The maximum atomic E-state index is 12.6. The molecule has 0 saturated carbocycles. The molecule has 2 aromatic rings. The van der Waals surface area contributed by atoms with E-state index < -0.39 is 0 Å². The number of benzene rings is 2. The Morgan fingerprint density at radius 3 is 2.40 bits per heavy atom. The Bertz CT molecular complexity index is 568. The Morgan fingerprint density at radius 2 is 1.75 bits per heavy atom. The zero-order chi connectivity index (χ0) is 14.4. The summed E-state index contributed by atoms with van der Waals surface area (Å²) in [5.74, 6) is 0.0825. The minimum Gasteiger partial charge on any atom is -0.335 e. The average Bonchev–Trinajstić information content (AvgIpc) is 2.53. The van der Waals surface area contributed by atoms with Crippen molar-refractivity contribution in [3.63, 3.8) is 0 Å². The number of hydrogen-bond donors (Lipinski definition) is 0. The predicted molar refractivity (Wildman–Crippen MR) is 85.9 cm³/mol. The van der Waals surface area contributed by atoms with Crippen LogP contribution < -0.4 is 0 Å². The molecule has 0 spiro atoms. The van der Waals surface area contributed by atoms with Crippen molar-refractivity contribution in [3.8, 4) is 0 Å². The maximum absolute atomic E-state index is 12.6. The van der Waals surface area contributed by atoms with E-state index in [0.29, 0.717) is 13.1 Å². The van der Waals surface area contributed by atoms with Gasteiger partial charge in [-0.1, -0.05) is 58.4 Å². The zero-order valence-electron chi connectivity index (χ0n) is 11.6. The second-order valence-corrected chi connectivity index (χ2v) is 5.20. The van der Waals surface area contributed by atoms with Gasteiger partial charge in [-0.3, -0.25) is 4.79 Å².